The zero-order valence-electron chi connectivity index (χ0n) is 19.0. The van der Waals surface area contributed by atoms with Gasteiger partial charge in [0.25, 0.3) is 5.91 Å². The smallest absolute Gasteiger partial charge is 0.251 e. The lowest BCUT2D eigenvalue weighted by atomic mass is 9.78. The highest BCUT2D eigenvalue weighted by Gasteiger charge is 2.52. The first-order valence-corrected chi connectivity index (χ1v) is 11.8. The molecule has 8 heteroatoms. The molecule has 180 valence electrons. The van der Waals surface area contributed by atoms with Gasteiger partial charge in [-0.05, 0) is 18.1 Å². The van der Waals surface area contributed by atoms with Crippen molar-refractivity contribution in [3.05, 3.63) is 81.4 Å². The van der Waals surface area contributed by atoms with Gasteiger partial charge >= 0.3 is 0 Å². The average molecular weight is 498 g/mol. The summed E-state index contributed by atoms with van der Waals surface area (Å²) in [5.74, 6) is -2.39. The SMILES string of the molecule is CNC(=O)c1cc2c(c(F)c1-c1c(Cl)c(F)cc3c1[C@H](C)[C@@](CO)(c1ccccc1)O3)OC1CC21. The molecule has 0 radical (unpaired) electrons. The Labute approximate surface area is 205 Å². The minimum absolute atomic E-state index is 0.0310. The number of carbonyl (C=O) groups is 1. The van der Waals surface area contributed by atoms with Crippen LogP contribution in [-0.2, 0) is 5.60 Å². The number of benzene rings is 3. The third-order valence-corrected chi connectivity index (χ3v) is 7.89. The first kappa shape index (κ1) is 22.3. The predicted molar refractivity (Wildman–Crippen MR) is 126 cm³/mol. The Kier molecular flexibility index (Phi) is 4.89. The van der Waals surface area contributed by atoms with Crippen molar-refractivity contribution in [1.29, 1.82) is 0 Å². The lowest BCUT2D eigenvalue weighted by Crippen LogP contribution is -2.38. The van der Waals surface area contributed by atoms with Gasteiger partial charge in [0.15, 0.2) is 17.2 Å². The molecule has 3 aliphatic rings. The van der Waals surface area contributed by atoms with Crippen LogP contribution >= 0.6 is 11.6 Å². The van der Waals surface area contributed by atoms with Gasteiger partial charge in [0.05, 0.1) is 17.2 Å². The van der Waals surface area contributed by atoms with Gasteiger partial charge in [-0.2, -0.15) is 0 Å². The van der Waals surface area contributed by atoms with Crippen molar-refractivity contribution >= 4 is 17.5 Å². The molecule has 0 aromatic heterocycles. The fourth-order valence-electron chi connectivity index (χ4n) is 5.57. The summed E-state index contributed by atoms with van der Waals surface area (Å²) < 4.78 is 43.3. The molecule has 6 rings (SSSR count). The summed E-state index contributed by atoms with van der Waals surface area (Å²) in [5, 5.41) is 12.7. The molecule has 1 saturated carbocycles. The minimum Gasteiger partial charge on any atom is -0.486 e. The summed E-state index contributed by atoms with van der Waals surface area (Å²) in [7, 11) is 1.45. The molecule has 2 heterocycles. The van der Waals surface area contributed by atoms with Gasteiger partial charge in [0, 0.05) is 47.2 Å². The highest BCUT2D eigenvalue weighted by Crippen LogP contribution is 2.59. The van der Waals surface area contributed by atoms with Crippen LogP contribution in [0.3, 0.4) is 0 Å². The number of halogens is 3. The van der Waals surface area contributed by atoms with Gasteiger partial charge in [-0.1, -0.05) is 48.9 Å². The Morgan fingerprint density at radius 3 is 2.66 bits per heavy atom. The standard InChI is InChI=1S/C27H22ClF2NO4/c1-12-20-19(35-27(12,11-32)13-6-4-3-5-7-13)10-17(29)23(28)22(20)21-16(26(33)31-2)8-15-14-9-18(14)34-25(15)24(21)30/h3-8,10,12,14,18,32H,9,11H2,1-2H3,(H,31,33)/t12-,14?,18?,27-/m0/s1. The Hall–Kier alpha value is -3.16. The number of nitrogens with one attached hydrogen (secondary N) is 1. The number of aliphatic hydroxyl groups excluding tert-OH is 1. The van der Waals surface area contributed by atoms with Crippen molar-refractivity contribution in [3.8, 4) is 22.6 Å². The zero-order chi connectivity index (χ0) is 24.6. The van der Waals surface area contributed by atoms with Gasteiger partial charge in [0.1, 0.15) is 17.7 Å². The Bertz CT molecular complexity index is 1400. The van der Waals surface area contributed by atoms with E-state index in [4.69, 9.17) is 21.1 Å². The molecule has 5 nitrogen and oxygen atoms in total. The molecule has 2 unspecified atom stereocenters. The number of hydrogen-bond donors (Lipinski definition) is 2. The summed E-state index contributed by atoms with van der Waals surface area (Å²) >= 11 is 6.51. The van der Waals surface area contributed by atoms with Gasteiger partial charge in [0.2, 0.25) is 0 Å². The van der Waals surface area contributed by atoms with Gasteiger partial charge in [-0.25, -0.2) is 8.78 Å². The number of carbonyl (C=O) groups excluding carboxylic acids is 1. The van der Waals surface area contributed by atoms with Crippen LogP contribution in [0.15, 0.2) is 42.5 Å². The van der Waals surface area contributed by atoms with E-state index in [9.17, 15) is 9.90 Å². The summed E-state index contributed by atoms with van der Waals surface area (Å²) in [6, 6.07) is 11.8. The van der Waals surface area contributed by atoms with E-state index < -0.39 is 35.7 Å². The maximum absolute atomic E-state index is 16.1. The average Bonchev–Trinajstić information content (AvgIpc) is 3.46. The maximum Gasteiger partial charge on any atom is 0.251 e. The molecule has 3 aromatic rings. The number of hydrogen-bond acceptors (Lipinski definition) is 4. The van der Waals surface area contributed by atoms with Crippen molar-refractivity contribution in [2.24, 2.45) is 0 Å². The lowest BCUT2D eigenvalue weighted by molar-refractivity contribution is 0.00737. The molecule has 0 saturated heterocycles. The lowest BCUT2D eigenvalue weighted by Gasteiger charge is -2.32. The van der Waals surface area contributed by atoms with Crippen LogP contribution in [0.1, 0.15) is 52.2 Å². The molecule has 0 bridgehead atoms. The van der Waals surface area contributed by atoms with E-state index in [1.165, 1.54) is 7.05 Å². The van der Waals surface area contributed by atoms with Crippen LogP contribution in [0, 0.1) is 11.6 Å². The fraction of sp³-hybridized carbons (Fsp3) is 0.296. The van der Waals surface area contributed by atoms with Crippen LogP contribution in [0.5, 0.6) is 11.5 Å². The Morgan fingerprint density at radius 1 is 1.23 bits per heavy atom. The number of fused-ring (bicyclic) bond motifs is 4. The van der Waals surface area contributed by atoms with Crippen LogP contribution < -0.4 is 14.8 Å². The normalized spacial score (nSPS) is 25.3. The highest BCUT2D eigenvalue weighted by molar-refractivity contribution is 6.34. The van der Waals surface area contributed by atoms with E-state index in [1.54, 1.807) is 6.07 Å². The topological polar surface area (TPSA) is 67.8 Å². The van der Waals surface area contributed by atoms with E-state index in [-0.39, 0.29) is 45.2 Å². The number of aliphatic hydroxyl groups is 1. The molecule has 35 heavy (non-hydrogen) atoms. The molecule has 1 aliphatic carbocycles. The highest BCUT2D eigenvalue weighted by atomic mass is 35.5. The molecule has 1 amide bonds. The molecular weight excluding hydrogens is 476 g/mol. The second-order valence-electron chi connectivity index (χ2n) is 9.31. The first-order chi connectivity index (χ1) is 16.8. The molecular formula is C27H22ClF2NO4. The van der Waals surface area contributed by atoms with E-state index in [0.717, 1.165) is 12.5 Å². The van der Waals surface area contributed by atoms with Crippen LogP contribution in [0.4, 0.5) is 8.78 Å². The summed E-state index contributed by atoms with van der Waals surface area (Å²) in [5.41, 5.74) is 0.430. The first-order valence-electron chi connectivity index (χ1n) is 11.4. The Balaban J connectivity index is 1.64. The third kappa shape index (κ3) is 2.98. The van der Waals surface area contributed by atoms with Crippen molar-refractivity contribution in [2.75, 3.05) is 13.7 Å². The van der Waals surface area contributed by atoms with Gasteiger partial charge in [-0.15, -0.1) is 0 Å². The minimum atomic E-state index is -1.24. The van der Waals surface area contributed by atoms with Gasteiger partial charge < -0.3 is 19.9 Å². The summed E-state index contributed by atoms with van der Waals surface area (Å²) in [4.78, 5) is 12.9. The van der Waals surface area contributed by atoms with E-state index in [0.29, 0.717) is 16.7 Å². The van der Waals surface area contributed by atoms with E-state index in [1.807, 2.05) is 37.3 Å². The largest absolute Gasteiger partial charge is 0.486 e. The zero-order valence-corrected chi connectivity index (χ0v) is 19.7. The molecule has 2 aliphatic heterocycles. The number of rotatable bonds is 4. The van der Waals surface area contributed by atoms with Crippen molar-refractivity contribution in [2.45, 2.75) is 36.9 Å². The summed E-state index contributed by atoms with van der Waals surface area (Å²) in [6.45, 7) is 1.40. The van der Waals surface area contributed by atoms with E-state index in [2.05, 4.69) is 5.32 Å². The number of amides is 1. The van der Waals surface area contributed by atoms with Crippen molar-refractivity contribution in [1.82, 2.24) is 5.32 Å². The van der Waals surface area contributed by atoms with Crippen molar-refractivity contribution in [3.63, 3.8) is 0 Å². The van der Waals surface area contributed by atoms with Crippen LogP contribution in [-0.4, -0.2) is 30.8 Å². The molecule has 2 N–H and O–H groups in total. The molecule has 0 spiro atoms. The number of ether oxygens (including phenoxy) is 2. The third-order valence-electron chi connectivity index (χ3n) is 7.52. The molecule has 4 atom stereocenters. The van der Waals surface area contributed by atoms with Crippen LogP contribution in [0.2, 0.25) is 5.02 Å². The second-order valence-corrected chi connectivity index (χ2v) is 9.68. The fourth-order valence-corrected chi connectivity index (χ4v) is 5.82. The quantitative estimate of drug-likeness (QED) is 0.515. The maximum atomic E-state index is 16.1. The molecule has 3 aromatic carbocycles. The van der Waals surface area contributed by atoms with Crippen molar-refractivity contribution < 1.29 is 28.2 Å². The summed E-state index contributed by atoms with van der Waals surface area (Å²) in [6.07, 6.45) is 0.666. The second kappa shape index (κ2) is 7.67. The Morgan fingerprint density at radius 2 is 1.97 bits per heavy atom. The van der Waals surface area contributed by atoms with E-state index >= 15 is 8.78 Å². The predicted octanol–water partition coefficient (Wildman–Crippen LogP) is 5.28. The molecule has 1 fully saturated rings. The monoisotopic (exact) mass is 497 g/mol. The van der Waals surface area contributed by atoms with Crippen LogP contribution in [0.25, 0.3) is 11.1 Å². The van der Waals surface area contributed by atoms with Gasteiger partial charge in [-0.3, -0.25) is 4.79 Å².